The van der Waals surface area contributed by atoms with E-state index >= 15 is 0 Å². The molecule has 2 N–H and O–H groups in total. The van der Waals surface area contributed by atoms with Crippen LogP contribution in [0.1, 0.15) is 39.5 Å². The van der Waals surface area contributed by atoms with E-state index < -0.39 is 18.6 Å². The van der Waals surface area contributed by atoms with E-state index in [-0.39, 0.29) is 18.1 Å². The van der Waals surface area contributed by atoms with E-state index in [4.69, 9.17) is 0 Å². The largest absolute Gasteiger partial charge is 0.396 e. The third-order valence-corrected chi connectivity index (χ3v) is 3.47. The summed E-state index contributed by atoms with van der Waals surface area (Å²) >= 11 is 0. The molecule has 1 saturated carbocycles. The average Bonchev–Trinajstić information content (AvgIpc) is 2.45. The van der Waals surface area contributed by atoms with Crippen LogP contribution >= 0.6 is 0 Å². The zero-order chi connectivity index (χ0) is 12.4. The summed E-state index contributed by atoms with van der Waals surface area (Å²) in [5.74, 6) is 0. The maximum absolute atomic E-state index is 12.2. The molecule has 3 unspecified atom stereocenters. The normalized spacial score (nSPS) is 33.0. The van der Waals surface area contributed by atoms with Gasteiger partial charge in [0.15, 0.2) is 0 Å². The molecule has 0 saturated heterocycles. The second-order valence-electron chi connectivity index (χ2n) is 5.14. The fourth-order valence-electron chi connectivity index (χ4n) is 2.46. The van der Waals surface area contributed by atoms with Crippen LogP contribution in [0.3, 0.4) is 0 Å². The molecular weight excluding hydrogens is 219 g/mol. The van der Waals surface area contributed by atoms with Gasteiger partial charge in [-0.1, -0.05) is 13.3 Å². The van der Waals surface area contributed by atoms with Crippen LogP contribution in [0.5, 0.6) is 0 Å². The van der Waals surface area contributed by atoms with Crippen molar-refractivity contribution in [2.75, 3.05) is 6.61 Å². The minimum absolute atomic E-state index is 0.00477. The van der Waals surface area contributed by atoms with Gasteiger partial charge in [-0.3, -0.25) is 0 Å². The van der Waals surface area contributed by atoms with Crippen LogP contribution < -0.4 is 5.32 Å². The molecule has 1 aliphatic rings. The first-order valence-corrected chi connectivity index (χ1v) is 5.70. The van der Waals surface area contributed by atoms with Crippen molar-refractivity contribution < 1.29 is 18.3 Å². The van der Waals surface area contributed by atoms with Crippen LogP contribution in [0.15, 0.2) is 0 Å². The fraction of sp³-hybridized carbons (Fsp3) is 1.00. The van der Waals surface area contributed by atoms with E-state index in [0.29, 0.717) is 0 Å². The molecule has 0 aromatic rings. The molecule has 1 fully saturated rings. The Labute approximate surface area is 94.2 Å². The molecule has 1 rings (SSSR count). The molecule has 0 aromatic carbocycles. The SMILES string of the molecule is CC(CC(F)(F)F)NC1CCCC1(C)CO. The number of rotatable bonds is 4. The molecule has 2 nitrogen and oxygen atoms in total. The molecule has 0 bridgehead atoms. The summed E-state index contributed by atoms with van der Waals surface area (Å²) in [7, 11) is 0. The molecule has 0 heterocycles. The second-order valence-corrected chi connectivity index (χ2v) is 5.14. The van der Waals surface area contributed by atoms with Gasteiger partial charge in [-0.15, -0.1) is 0 Å². The molecule has 5 heteroatoms. The van der Waals surface area contributed by atoms with Crippen LogP contribution in [-0.4, -0.2) is 30.0 Å². The molecule has 0 radical (unpaired) electrons. The Balaban J connectivity index is 2.47. The molecule has 0 spiro atoms. The number of halogens is 3. The van der Waals surface area contributed by atoms with Crippen molar-refractivity contribution in [3.05, 3.63) is 0 Å². The van der Waals surface area contributed by atoms with Crippen LogP contribution in [0.25, 0.3) is 0 Å². The van der Waals surface area contributed by atoms with Gasteiger partial charge >= 0.3 is 6.18 Å². The number of hydrogen-bond acceptors (Lipinski definition) is 2. The van der Waals surface area contributed by atoms with Gasteiger partial charge in [0.2, 0.25) is 0 Å². The summed E-state index contributed by atoms with van der Waals surface area (Å²) in [6.45, 7) is 3.50. The number of aliphatic hydroxyl groups excluding tert-OH is 1. The fourth-order valence-corrected chi connectivity index (χ4v) is 2.46. The molecule has 3 atom stereocenters. The van der Waals surface area contributed by atoms with Gasteiger partial charge in [0.05, 0.1) is 6.42 Å². The minimum atomic E-state index is -4.12. The van der Waals surface area contributed by atoms with Crippen molar-refractivity contribution in [1.82, 2.24) is 5.32 Å². The Hall–Kier alpha value is -0.290. The summed E-state index contributed by atoms with van der Waals surface area (Å²) in [5.41, 5.74) is -0.264. The maximum atomic E-state index is 12.2. The lowest BCUT2D eigenvalue weighted by Crippen LogP contribution is -2.46. The van der Waals surface area contributed by atoms with Crippen molar-refractivity contribution in [3.63, 3.8) is 0 Å². The lowest BCUT2D eigenvalue weighted by molar-refractivity contribution is -0.139. The Kier molecular flexibility index (Phi) is 4.23. The first kappa shape index (κ1) is 13.8. The molecule has 0 aromatic heterocycles. The topological polar surface area (TPSA) is 32.3 Å². The maximum Gasteiger partial charge on any atom is 0.390 e. The van der Waals surface area contributed by atoms with Gasteiger partial charge in [-0.05, 0) is 19.8 Å². The molecule has 0 amide bonds. The zero-order valence-corrected chi connectivity index (χ0v) is 9.77. The highest BCUT2D eigenvalue weighted by molar-refractivity contribution is 4.94. The van der Waals surface area contributed by atoms with E-state index in [1.165, 1.54) is 0 Å². The average molecular weight is 239 g/mol. The van der Waals surface area contributed by atoms with Crippen molar-refractivity contribution >= 4 is 0 Å². The lowest BCUT2D eigenvalue weighted by atomic mass is 9.85. The van der Waals surface area contributed by atoms with Crippen molar-refractivity contribution in [2.24, 2.45) is 5.41 Å². The molecular formula is C11H20F3NO. The van der Waals surface area contributed by atoms with Crippen LogP contribution in [0.4, 0.5) is 13.2 Å². The predicted molar refractivity (Wildman–Crippen MR) is 56.1 cm³/mol. The van der Waals surface area contributed by atoms with Gasteiger partial charge in [-0.25, -0.2) is 0 Å². The summed E-state index contributed by atoms with van der Waals surface area (Å²) in [6, 6.07) is -0.594. The van der Waals surface area contributed by atoms with Gasteiger partial charge in [-0.2, -0.15) is 13.2 Å². The third kappa shape index (κ3) is 3.63. The first-order chi connectivity index (χ1) is 7.27. The summed E-state index contributed by atoms with van der Waals surface area (Å²) in [5, 5.41) is 12.3. The first-order valence-electron chi connectivity index (χ1n) is 5.70. The number of alkyl halides is 3. The van der Waals surface area contributed by atoms with E-state index in [0.717, 1.165) is 19.3 Å². The number of aliphatic hydroxyl groups is 1. The Morgan fingerprint density at radius 3 is 2.62 bits per heavy atom. The monoisotopic (exact) mass is 239 g/mol. The smallest absolute Gasteiger partial charge is 0.390 e. The molecule has 96 valence electrons. The summed E-state index contributed by atoms with van der Waals surface area (Å²) in [6.07, 6.45) is -2.25. The van der Waals surface area contributed by atoms with Gasteiger partial charge in [0.1, 0.15) is 0 Å². The predicted octanol–water partition coefficient (Wildman–Crippen LogP) is 2.47. The highest BCUT2D eigenvalue weighted by Gasteiger charge is 2.40. The van der Waals surface area contributed by atoms with Crippen LogP contribution in [-0.2, 0) is 0 Å². The quantitative estimate of drug-likeness (QED) is 0.790. The van der Waals surface area contributed by atoms with Gasteiger partial charge < -0.3 is 10.4 Å². The van der Waals surface area contributed by atoms with E-state index in [1.54, 1.807) is 6.92 Å². The molecule has 16 heavy (non-hydrogen) atoms. The Morgan fingerprint density at radius 2 is 2.12 bits per heavy atom. The van der Waals surface area contributed by atoms with Gasteiger partial charge in [0, 0.05) is 24.1 Å². The van der Waals surface area contributed by atoms with Crippen LogP contribution in [0, 0.1) is 5.41 Å². The van der Waals surface area contributed by atoms with Gasteiger partial charge in [0.25, 0.3) is 0 Å². The lowest BCUT2D eigenvalue weighted by Gasteiger charge is -2.32. The van der Waals surface area contributed by atoms with Crippen molar-refractivity contribution in [3.8, 4) is 0 Å². The van der Waals surface area contributed by atoms with E-state index in [1.807, 2.05) is 6.92 Å². The standard InChI is InChI=1S/C11H20F3NO/c1-8(6-11(12,13)14)15-9-4-3-5-10(9,2)7-16/h8-9,15-16H,3-7H2,1-2H3. The Morgan fingerprint density at radius 1 is 1.50 bits per heavy atom. The highest BCUT2D eigenvalue weighted by atomic mass is 19.4. The van der Waals surface area contributed by atoms with Crippen molar-refractivity contribution in [2.45, 2.75) is 57.8 Å². The highest BCUT2D eigenvalue weighted by Crippen LogP contribution is 2.38. The number of hydrogen-bond donors (Lipinski definition) is 2. The van der Waals surface area contributed by atoms with E-state index in [2.05, 4.69) is 5.32 Å². The van der Waals surface area contributed by atoms with Crippen molar-refractivity contribution in [1.29, 1.82) is 0 Å². The number of nitrogens with one attached hydrogen (secondary N) is 1. The Bertz CT molecular complexity index is 232. The van der Waals surface area contributed by atoms with E-state index in [9.17, 15) is 18.3 Å². The third-order valence-electron chi connectivity index (χ3n) is 3.47. The summed E-state index contributed by atoms with van der Waals surface area (Å²) in [4.78, 5) is 0. The zero-order valence-electron chi connectivity index (χ0n) is 9.77. The molecule has 0 aliphatic heterocycles. The van der Waals surface area contributed by atoms with Crippen LogP contribution in [0.2, 0.25) is 0 Å². The second kappa shape index (κ2) is 4.92. The summed E-state index contributed by atoms with van der Waals surface area (Å²) < 4.78 is 36.5. The molecule has 1 aliphatic carbocycles. The minimum Gasteiger partial charge on any atom is -0.396 e.